The molecule has 19 heavy (non-hydrogen) atoms. The molecule has 0 saturated heterocycles. The molecule has 0 amide bonds. The Labute approximate surface area is 115 Å². The average molecular weight is 258 g/mol. The van der Waals surface area contributed by atoms with E-state index in [2.05, 4.69) is 19.9 Å². The molecule has 0 bridgehead atoms. The average Bonchev–Trinajstić information content (AvgIpc) is 2.45. The number of ether oxygens (including phenoxy) is 1. The minimum absolute atomic E-state index is 0.138. The molecule has 1 aromatic carbocycles. The lowest BCUT2D eigenvalue weighted by Crippen LogP contribution is -2.11. The summed E-state index contributed by atoms with van der Waals surface area (Å²) in [5, 5.41) is 0. The van der Waals surface area contributed by atoms with Crippen LogP contribution < -0.4 is 4.74 Å². The van der Waals surface area contributed by atoms with Crippen LogP contribution in [-0.2, 0) is 0 Å². The third kappa shape index (κ3) is 3.46. The van der Waals surface area contributed by atoms with Crippen molar-refractivity contribution in [2.75, 3.05) is 6.61 Å². The molecule has 1 aliphatic carbocycles. The molecule has 0 fully saturated rings. The Kier molecular flexibility index (Phi) is 4.78. The van der Waals surface area contributed by atoms with Crippen LogP contribution in [0.3, 0.4) is 0 Å². The Morgan fingerprint density at radius 3 is 2.84 bits per heavy atom. The Hall–Kier alpha value is -1.57. The second-order valence-electron chi connectivity index (χ2n) is 5.28. The van der Waals surface area contributed by atoms with Crippen LogP contribution in [0.1, 0.15) is 49.9 Å². The molecule has 102 valence electrons. The van der Waals surface area contributed by atoms with Gasteiger partial charge in [-0.3, -0.25) is 4.79 Å². The Morgan fingerprint density at radius 1 is 1.37 bits per heavy atom. The fraction of sp³-hybridized carbons (Fsp3) is 0.471. The van der Waals surface area contributed by atoms with Crippen LogP contribution in [-0.4, -0.2) is 12.4 Å². The summed E-state index contributed by atoms with van der Waals surface area (Å²) in [6, 6.07) is 7.57. The highest BCUT2D eigenvalue weighted by Crippen LogP contribution is 2.28. The molecule has 1 aliphatic rings. The van der Waals surface area contributed by atoms with Crippen LogP contribution in [0, 0.1) is 5.92 Å². The van der Waals surface area contributed by atoms with E-state index in [0.717, 1.165) is 31.3 Å². The fourth-order valence-corrected chi connectivity index (χ4v) is 2.34. The molecule has 0 N–H and O–H groups in total. The third-order valence-electron chi connectivity index (χ3n) is 3.56. The van der Waals surface area contributed by atoms with Gasteiger partial charge in [0, 0.05) is 0 Å². The summed E-state index contributed by atoms with van der Waals surface area (Å²) in [4.78, 5) is 12.5. The van der Waals surface area contributed by atoms with E-state index in [1.807, 2.05) is 24.3 Å². The van der Waals surface area contributed by atoms with Gasteiger partial charge in [-0.1, -0.05) is 32.1 Å². The summed E-state index contributed by atoms with van der Waals surface area (Å²) < 4.78 is 5.67. The predicted octanol–water partition coefficient (Wildman–Crippen LogP) is 4.40. The molecular weight excluding hydrogens is 236 g/mol. The second-order valence-corrected chi connectivity index (χ2v) is 5.28. The highest BCUT2D eigenvalue weighted by Gasteiger charge is 2.20. The van der Waals surface area contributed by atoms with E-state index in [0.29, 0.717) is 23.8 Å². The maximum absolute atomic E-state index is 12.5. The summed E-state index contributed by atoms with van der Waals surface area (Å²) in [6.07, 6.45) is 6.06. The third-order valence-corrected chi connectivity index (χ3v) is 3.56. The van der Waals surface area contributed by atoms with E-state index in [4.69, 9.17) is 4.74 Å². The number of hydrogen-bond donors (Lipinski definition) is 0. The van der Waals surface area contributed by atoms with E-state index in [-0.39, 0.29) is 5.78 Å². The topological polar surface area (TPSA) is 26.3 Å². The minimum atomic E-state index is 0.138. The van der Waals surface area contributed by atoms with Crippen molar-refractivity contribution in [1.29, 1.82) is 0 Å². The lowest BCUT2D eigenvalue weighted by molar-refractivity contribution is 0.102. The molecule has 2 nitrogen and oxygen atoms in total. The quantitative estimate of drug-likeness (QED) is 0.731. The molecule has 0 aromatic heterocycles. The molecule has 1 aromatic rings. The maximum Gasteiger partial charge on any atom is 0.192 e. The zero-order valence-corrected chi connectivity index (χ0v) is 11.8. The minimum Gasteiger partial charge on any atom is -0.493 e. The van der Waals surface area contributed by atoms with Gasteiger partial charge in [-0.25, -0.2) is 0 Å². The molecule has 0 radical (unpaired) electrons. The van der Waals surface area contributed by atoms with Crippen molar-refractivity contribution in [2.24, 2.45) is 5.92 Å². The number of Topliss-reactive ketones (excluding diaryl/α,β-unsaturated/α-hetero) is 1. The second kappa shape index (κ2) is 6.55. The monoisotopic (exact) mass is 258 g/mol. The van der Waals surface area contributed by atoms with E-state index in [9.17, 15) is 4.79 Å². The zero-order chi connectivity index (χ0) is 13.7. The van der Waals surface area contributed by atoms with Gasteiger partial charge in [0.1, 0.15) is 5.75 Å². The first-order valence-corrected chi connectivity index (χ1v) is 7.18. The van der Waals surface area contributed by atoms with Crippen LogP contribution >= 0.6 is 0 Å². The largest absolute Gasteiger partial charge is 0.493 e. The maximum atomic E-state index is 12.5. The van der Waals surface area contributed by atoms with Gasteiger partial charge in [0.2, 0.25) is 0 Å². The van der Waals surface area contributed by atoms with Crippen LogP contribution in [0.25, 0.3) is 0 Å². The number of benzene rings is 1. The molecule has 2 rings (SSSR count). The summed E-state index contributed by atoms with van der Waals surface area (Å²) in [7, 11) is 0. The van der Waals surface area contributed by atoms with E-state index in [1.165, 1.54) is 0 Å². The van der Waals surface area contributed by atoms with Crippen molar-refractivity contribution in [3.63, 3.8) is 0 Å². The smallest absolute Gasteiger partial charge is 0.192 e. The first-order chi connectivity index (χ1) is 9.22. The summed E-state index contributed by atoms with van der Waals surface area (Å²) in [5.41, 5.74) is 1.66. The van der Waals surface area contributed by atoms with Crippen LogP contribution in [0.5, 0.6) is 5.75 Å². The van der Waals surface area contributed by atoms with E-state index >= 15 is 0 Å². The number of ketones is 1. The predicted molar refractivity (Wildman–Crippen MR) is 77.7 cm³/mol. The molecule has 0 saturated carbocycles. The van der Waals surface area contributed by atoms with Crippen LogP contribution in [0.15, 0.2) is 35.9 Å². The highest BCUT2D eigenvalue weighted by molar-refractivity contribution is 6.10. The summed E-state index contributed by atoms with van der Waals surface area (Å²) >= 11 is 0. The lowest BCUT2D eigenvalue weighted by atomic mass is 9.87. The molecule has 0 aliphatic heterocycles. The summed E-state index contributed by atoms with van der Waals surface area (Å²) in [6.45, 7) is 4.95. The summed E-state index contributed by atoms with van der Waals surface area (Å²) in [5.74, 6) is 1.55. The molecule has 1 atom stereocenters. The van der Waals surface area contributed by atoms with Crippen molar-refractivity contribution in [2.45, 2.75) is 39.5 Å². The Balaban J connectivity index is 2.19. The van der Waals surface area contributed by atoms with Gasteiger partial charge in [-0.15, -0.1) is 0 Å². The van der Waals surface area contributed by atoms with Gasteiger partial charge in [0.25, 0.3) is 0 Å². The van der Waals surface area contributed by atoms with Gasteiger partial charge in [-0.05, 0) is 49.3 Å². The van der Waals surface area contributed by atoms with Gasteiger partial charge in [0.15, 0.2) is 5.78 Å². The Morgan fingerprint density at radius 2 is 2.16 bits per heavy atom. The SMILES string of the molecule is CCCOc1ccccc1C(=O)C1=CCC(C)CC1. The number of rotatable bonds is 5. The van der Waals surface area contributed by atoms with Crippen molar-refractivity contribution in [3.05, 3.63) is 41.5 Å². The Bertz CT molecular complexity index is 474. The van der Waals surface area contributed by atoms with Crippen LogP contribution in [0.4, 0.5) is 0 Å². The van der Waals surface area contributed by atoms with Crippen molar-refractivity contribution in [3.8, 4) is 5.75 Å². The number of hydrogen-bond acceptors (Lipinski definition) is 2. The van der Waals surface area contributed by atoms with Gasteiger partial charge >= 0.3 is 0 Å². The first kappa shape index (κ1) is 13.9. The molecular formula is C17H22O2. The van der Waals surface area contributed by atoms with Gasteiger partial charge in [0.05, 0.1) is 12.2 Å². The van der Waals surface area contributed by atoms with Gasteiger partial charge < -0.3 is 4.74 Å². The lowest BCUT2D eigenvalue weighted by Gasteiger charge is -2.18. The molecule has 2 heteroatoms. The van der Waals surface area contributed by atoms with Crippen LogP contribution in [0.2, 0.25) is 0 Å². The highest BCUT2D eigenvalue weighted by atomic mass is 16.5. The van der Waals surface area contributed by atoms with Gasteiger partial charge in [-0.2, -0.15) is 0 Å². The standard InChI is InChI=1S/C17H22O2/c1-3-12-19-16-7-5-4-6-15(16)17(18)14-10-8-13(2)9-11-14/h4-7,10,13H,3,8-9,11-12H2,1-2H3. The molecule has 0 spiro atoms. The van der Waals surface area contributed by atoms with E-state index in [1.54, 1.807) is 0 Å². The number of carbonyl (C=O) groups excluding carboxylic acids is 1. The van der Waals surface area contributed by atoms with Crippen molar-refractivity contribution >= 4 is 5.78 Å². The van der Waals surface area contributed by atoms with E-state index < -0.39 is 0 Å². The normalized spacial score (nSPS) is 18.8. The number of para-hydroxylation sites is 1. The number of carbonyl (C=O) groups is 1. The number of allylic oxidation sites excluding steroid dienone is 2. The van der Waals surface area contributed by atoms with Crippen molar-refractivity contribution < 1.29 is 9.53 Å². The first-order valence-electron chi connectivity index (χ1n) is 7.18. The fourth-order valence-electron chi connectivity index (χ4n) is 2.34. The zero-order valence-electron chi connectivity index (χ0n) is 11.8. The van der Waals surface area contributed by atoms with Crippen molar-refractivity contribution in [1.82, 2.24) is 0 Å². The molecule has 0 heterocycles. The molecule has 1 unspecified atom stereocenters.